The van der Waals surface area contributed by atoms with Crippen molar-refractivity contribution < 1.29 is 14.3 Å². The van der Waals surface area contributed by atoms with Gasteiger partial charge in [0.05, 0.1) is 5.56 Å². The Morgan fingerprint density at radius 1 is 1.00 bits per heavy atom. The highest BCUT2D eigenvalue weighted by Crippen LogP contribution is 2.24. The number of carbonyl (C=O) groups is 1. The van der Waals surface area contributed by atoms with Crippen LogP contribution in [-0.2, 0) is 13.1 Å². The third kappa shape index (κ3) is 5.38. The second-order valence-electron chi connectivity index (χ2n) is 7.75. The third-order valence-electron chi connectivity index (χ3n) is 5.55. The number of carboxylic acids is 1. The zero-order chi connectivity index (χ0) is 21.6. The van der Waals surface area contributed by atoms with E-state index in [1.54, 1.807) is 18.2 Å². The van der Waals surface area contributed by atoms with Crippen LogP contribution in [0.2, 0.25) is 0 Å². The Morgan fingerprint density at radius 2 is 1.77 bits per heavy atom. The van der Waals surface area contributed by atoms with Crippen molar-refractivity contribution in [1.29, 1.82) is 0 Å². The molecular formula is C26H25FN2O2. The van der Waals surface area contributed by atoms with Crippen LogP contribution in [0.5, 0.6) is 0 Å². The lowest BCUT2D eigenvalue weighted by Gasteiger charge is -2.26. The lowest BCUT2D eigenvalue weighted by Crippen LogP contribution is -2.28. The number of aromatic carboxylic acids is 1. The maximum atomic E-state index is 13.1. The zero-order valence-electron chi connectivity index (χ0n) is 17.2. The van der Waals surface area contributed by atoms with Gasteiger partial charge in [-0.25, -0.2) is 9.18 Å². The van der Waals surface area contributed by atoms with Crippen molar-refractivity contribution in [2.45, 2.75) is 19.5 Å². The monoisotopic (exact) mass is 416 g/mol. The summed E-state index contributed by atoms with van der Waals surface area (Å²) >= 11 is 0. The molecule has 0 spiro atoms. The van der Waals surface area contributed by atoms with E-state index in [-0.39, 0.29) is 11.4 Å². The molecule has 1 aliphatic heterocycles. The predicted octanol–water partition coefficient (Wildman–Crippen LogP) is 5.43. The number of carboxylic acid groups (broad SMARTS) is 1. The summed E-state index contributed by atoms with van der Waals surface area (Å²) in [4.78, 5) is 13.8. The van der Waals surface area contributed by atoms with Gasteiger partial charge in [-0.15, -0.1) is 0 Å². The van der Waals surface area contributed by atoms with Crippen LogP contribution in [0.3, 0.4) is 0 Å². The minimum Gasteiger partial charge on any atom is -0.478 e. The number of rotatable bonds is 7. The number of hydrogen-bond donors (Lipinski definition) is 2. The van der Waals surface area contributed by atoms with Crippen molar-refractivity contribution in [1.82, 2.24) is 4.90 Å². The number of anilines is 1. The van der Waals surface area contributed by atoms with Crippen LogP contribution in [0.1, 0.15) is 33.5 Å². The second kappa shape index (κ2) is 9.58. The number of nitrogens with zero attached hydrogens (tertiary/aromatic N) is 1. The van der Waals surface area contributed by atoms with E-state index in [0.29, 0.717) is 12.2 Å². The molecule has 1 heterocycles. The molecule has 0 aromatic heterocycles. The van der Waals surface area contributed by atoms with E-state index in [0.717, 1.165) is 37.2 Å². The van der Waals surface area contributed by atoms with Crippen molar-refractivity contribution in [2.24, 2.45) is 0 Å². The van der Waals surface area contributed by atoms with Gasteiger partial charge in [0.15, 0.2) is 0 Å². The Labute approximate surface area is 181 Å². The molecular weight excluding hydrogens is 391 g/mol. The van der Waals surface area contributed by atoms with Gasteiger partial charge >= 0.3 is 5.97 Å². The average Bonchev–Trinajstić information content (AvgIpc) is 2.79. The number of hydrogen-bond acceptors (Lipinski definition) is 3. The molecule has 1 aliphatic rings. The van der Waals surface area contributed by atoms with Crippen LogP contribution in [0.25, 0.3) is 5.57 Å². The molecule has 158 valence electrons. The van der Waals surface area contributed by atoms with Crippen LogP contribution in [0.15, 0.2) is 78.9 Å². The molecule has 0 radical (unpaired) electrons. The Morgan fingerprint density at radius 3 is 2.52 bits per heavy atom. The first kappa shape index (κ1) is 20.8. The first-order valence-corrected chi connectivity index (χ1v) is 10.4. The number of halogens is 1. The van der Waals surface area contributed by atoms with Crippen LogP contribution < -0.4 is 5.32 Å². The van der Waals surface area contributed by atoms with Crippen molar-refractivity contribution in [3.05, 3.63) is 107 Å². The van der Waals surface area contributed by atoms with Crippen molar-refractivity contribution in [2.75, 3.05) is 18.4 Å². The van der Waals surface area contributed by atoms with Gasteiger partial charge in [-0.05, 0) is 52.9 Å². The van der Waals surface area contributed by atoms with E-state index >= 15 is 0 Å². The average molecular weight is 416 g/mol. The number of nitrogens with one attached hydrogen (secondary N) is 1. The Balaban J connectivity index is 1.36. The van der Waals surface area contributed by atoms with Gasteiger partial charge in [0.1, 0.15) is 5.82 Å². The fourth-order valence-corrected chi connectivity index (χ4v) is 3.90. The largest absolute Gasteiger partial charge is 0.478 e. The van der Waals surface area contributed by atoms with Crippen LogP contribution in [-0.4, -0.2) is 29.1 Å². The molecule has 0 bridgehead atoms. The Hall–Kier alpha value is -3.44. The van der Waals surface area contributed by atoms with Gasteiger partial charge in [0, 0.05) is 31.9 Å². The molecule has 3 aromatic rings. The highest BCUT2D eigenvalue weighted by Gasteiger charge is 2.14. The summed E-state index contributed by atoms with van der Waals surface area (Å²) < 4.78 is 13.1. The summed E-state index contributed by atoms with van der Waals surface area (Å²) in [6, 6.07) is 22.0. The van der Waals surface area contributed by atoms with E-state index < -0.39 is 5.97 Å². The van der Waals surface area contributed by atoms with E-state index in [2.05, 4.69) is 28.4 Å². The molecule has 0 amide bonds. The molecule has 4 rings (SSSR count). The highest BCUT2D eigenvalue weighted by molar-refractivity contribution is 5.94. The molecule has 4 nitrogen and oxygen atoms in total. The van der Waals surface area contributed by atoms with Crippen LogP contribution in [0.4, 0.5) is 10.1 Å². The lowest BCUT2D eigenvalue weighted by molar-refractivity contribution is 0.0698. The molecule has 0 saturated carbocycles. The molecule has 0 saturated heterocycles. The Kier molecular flexibility index (Phi) is 6.43. The quantitative estimate of drug-likeness (QED) is 0.540. The molecule has 3 aromatic carbocycles. The minimum absolute atomic E-state index is 0.206. The summed E-state index contributed by atoms with van der Waals surface area (Å²) in [5.41, 5.74) is 5.59. The second-order valence-corrected chi connectivity index (χ2v) is 7.75. The molecule has 31 heavy (non-hydrogen) atoms. The lowest BCUT2D eigenvalue weighted by atomic mass is 9.99. The molecule has 0 aliphatic carbocycles. The van der Waals surface area contributed by atoms with E-state index in [1.807, 2.05) is 30.3 Å². The van der Waals surface area contributed by atoms with Gasteiger partial charge < -0.3 is 10.4 Å². The summed E-state index contributed by atoms with van der Waals surface area (Å²) in [6.07, 6.45) is 3.17. The molecule has 0 unspecified atom stereocenters. The summed E-state index contributed by atoms with van der Waals surface area (Å²) in [5.74, 6) is -1.14. The summed E-state index contributed by atoms with van der Waals surface area (Å²) in [6.45, 7) is 3.23. The minimum atomic E-state index is -0.935. The SMILES string of the molecule is O=C(O)c1ccccc1NCc1cccc(CN2CC=C(c3ccc(F)cc3)CC2)c1. The zero-order valence-corrected chi connectivity index (χ0v) is 17.2. The number of para-hydroxylation sites is 1. The molecule has 0 fully saturated rings. The molecule has 2 N–H and O–H groups in total. The van der Waals surface area contributed by atoms with Crippen molar-refractivity contribution >= 4 is 17.2 Å². The molecule has 0 atom stereocenters. The van der Waals surface area contributed by atoms with Gasteiger partial charge in [-0.2, -0.15) is 0 Å². The van der Waals surface area contributed by atoms with Gasteiger partial charge in [0.2, 0.25) is 0 Å². The highest BCUT2D eigenvalue weighted by atomic mass is 19.1. The van der Waals surface area contributed by atoms with Crippen LogP contribution in [0, 0.1) is 5.82 Å². The van der Waals surface area contributed by atoms with Gasteiger partial charge in [-0.1, -0.05) is 54.6 Å². The fourth-order valence-electron chi connectivity index (χ4n) is 3.90. The maximum Gasteiger partial charge on any atom is 0.337 e. The summed E-state index contributed by atoms with van der Waals surface area (Å²) in [7, 11) is 0. The van der Waals surface area contributed by atoms with E-state index in [1.165, 1.54) is 23.3 Å². The third-order valence-corrected chi connectivity index (χ3v) is 5.55. The first-order chi connectivity index (χ1) is 15.1. The summed E-state index contributed by atoms with van der Waals surface area (Å²) in [5, 5.41) is 12.6. The topological polar surface area (TPSA) is 52.6 Å². The van der Waals surface area contributed by atoms with Crippen LogP contribution >= 0.6 is 0 Å². The standard InChI is InChI=1S/C26H25FN2O2/c27-23-10-8-21(9-11-23)22-12-14-29(15-13-22)18-20-5-3-4-19(16-20)17-28-25-7-2-1-6-24(25)26(30)31/h1-12,16,28H,13-15,17-18H2,(H,30,31). The normalized spacial score (nSPS) is 14.2. The van der Waals surface area contributed by atoms with E-state index in [4.69, 9.17) is 0 Å². The van der Waals surface area contributed by atoms with Gasteiger partial charge in [-0.3, -0.25) is 4.90 Å². The van der Waals surface area contributed by atoms with Crippen molar-refractivity contribution in [3.8, 4) is 0 Å². The van der Waals surface area contributed by atoms with Gasteiger partial charge in [0.25, 0.3) is 0 Å². The van der Waals surface area contributed by atoms with Crippen molar-refractivity contribution in [3.63, 3.8) is 0 Å². The number of benzene rings is 3. The maximum absolute atomic E-state index is 13.1. The molecule has 5 heteroatoms. The Bertz CT molecular complexity index is 1090. The predicted molar refractivity (Wildman–Crippen MR) is 121 cm³/mol. The smallest absolute Gasteiger partial charge is 0.337 e. The fraction of sp³-hybridized carbons (Fsp3) is 0.192. The van der Waals surface area contributed by atoms with E-state index in [9.17, 15) is 14.3 Å². The first-order valence-electron chi connectivity index (χ1n) is 10.4.